The van der Waals surface area contributed by atoms with Crippen molar-refractivity contribution in [2.75, 3.05) is 0 Å². The summed E-state index contributed by atoms with van der Waals surface area (Å²) in [7, 11) is -12.2. The maximum atomic E-state index is 10.7. The molecule has 0 saturated heterocycles. The molecule has 0 radical (unpaired) electrons. The maximum absolute atomic E-state index is 10.7. The van der Waals surface area contributed by atoms with E-state index in [0.717, 1.165) is 0 Å². The Labute approximate surface area is 195 Å². The largest absolute Gasteiger partial charge is 4.00 e. The van der Waals surface area contributed by atoms with E-state index >= 15 is 0 Å². The zero-order chi connectivity index (χ0) is 24.6. The topological polar surface area (TPSA) is 114 Å². The van der Waals surface area contributed by atoms with Crippen LogP contribution in [0.1, 0.15) is 22.3 Å². The third kappa shape index (κ3) is 17.2. The molecule has 0 bridgehead atoms. The standard InChI is InChI=1S/2C7H9.2CHF3O3S.Zr/c2*1-6-3-4-7(2)5-6;2*2-1(3,4)8(5,6)7;/h2*3-5H,1-2H3;2*(H,5,6,7);/q2*-1;;;+4/p-2. The van der Waals surface area contributed by atoms with Crippen LogP contribution < -0.4 is 0 Å². The fourth-order valence-electron chi connectivity index (χ4n) is 1.44. The first-order valence-electron chi connectivity index (χ1n) is 7.52. The van der Waals surface area contributed by atoms with E-state index in [1.54, 1.807) is 0 Å². The van der Waals surface area contributed by atoms with Gasteiger partial charge in [0, 0.05) is 0 Å². The molecule has 0 N–H and O–H groups in total. The molecule has 0 aliphatic carbocycles. The molecule has 2 rings (SSSR count). The molecule has 2 aromatic carbocycles. The summed E-state index contributed by atoms with van der Waals surface area (Å²) in [5.74, 6) is 0. The van der Waals surface area contributed by atoms with Crippen LogP contribution in [0.15, 0.2) is 36.4 Å². The smallest absolute Gasteiger partial charge is 0.741 e. The van der Waals surface area contributed by atoms with E-state index in [-0.39, 0.29) is 26.2 Å². The van der Waals surface area contributed by atoms with Crippen LogP contribution in [0.2, 0.25) is 0 Å². The normalized spacial score (nSPS) is 11.5. The van der Waals surface area contributed by atoms with E-state index in [0.29, 0.717) is 0 Å². The Morgan fingerprint density at radius 3 is 0.935 bits per heavy atom. The summed E-state index contributed by atoms with van der Waals surface area (Å²) in [4.78, 5) is 0. The second-order valence-electron chi connectivity index (χ2n) is 5.73. The third-order valence-electron chi connectivity index (χ3n) is 2.70. The SMILES string of the molecule is Cc1cc[c-](C)c1.Cc1cc[c-](C)c1.O=S(=O)([O-])C(F)(F)F.O=S(=O)([O-])C(F)(F)F.[Zr+4]. The Balaban J connectivity index is -0.000000334. The van der Waals surface area contributed by atoms with Crippen LogP contribution in [0.4, 0.5) is 26.3 Å². The number of halogens is 6. The van der Waals surface area contributed by atoms with E-state index in [1.165, 1.54) is 22.3 Å². The van der Waals surface area contributed by atoms with Crippen LogP contribution in [0.25, 0.3) is 0 Å². The summed E-state index contributed by atoms with van der Waals surface area (Å²) in [6, 6.07) is 12.8. The van der Waals surface area contributed by atoms with Gasteiger partial charge >= 0.3 is 37.2 Å². The van der Waals surface area contributed by atoms with Crippen molar-refractivity contribution in [3.63, 3.8) is 0 Å². The predicted octanol–water partition coefficient (Wildman–Crippen LogP) is 4.14. The minimum atomic E-state index is -6.09. The molecule has 0 saturated carbocycles. The van der Waals surface area contributed by atoms with Gasteiger partial charge in [0.05, 0.1) is 0 Å². The summed E-state index contributed by atoms with van der Waals surface area (Å²) in [6.07, 6.45) is 0. The van der Waals surface area contributed by atoms with Crippen molar-refractivity contribution in [1.29, 1.82) is 0 Å². The van der Waals surface area contributed by atoms with E-state index in [2.05, 4.69) is 64.1 Å². The van der Waals surface area contributed by atoms with Crippen molar-refractivity contribution < 1.29 is 78.5 Å². The van der Waals surface area contributed by atoms with E-state index in [9.17, 15) is 26.3 Å². The van der Waals surface area contributed by atoms with Gasteiger partial charge in [0.25, 0.3) is 0 Å². The zero-order valence-corrected chi connectivity index (χ0v) is 20.6. The molecule has 0 fully saturated rings. The van der Waals surface area contributed by atoms with Gasteiger partial charge in [0.1, 0.15) is 0 Å². The van der Waals surface area contributed by atoms with Crippen LogP contribution in [-0.4, -0.2) is 37.0 Å². The second kappa shape index (κ2) is 13.5. The number of hydrogen-bond donors (Lipinski definition) is 0. The van der Waals surface area contributed by atoms with Gasteiger partial charge in [-0.05, 0) is 0 Å². The number of hydrogen-bond acceptors (Lipinski definition) is 6. The molecule has 0 amide bonds. The Kier molecular flexibility index (Phi) is 15.1. The molecule has 15 heteroatoms. The van der Waals surface area contributed by atoms with Crippen molar-refractivity contribution in [1.82, 2.24) is 0 Å². The summed E-state index contributed by atoms with van der Waals surface area (Å²) in [5, 5.41) is 0. The first-order chi connectivity index (χ1) is 13.1. The van der Waals surface area contributed by atoms with Crippen molar-refractivity contribution in [2.24, 2.45) is 0 Å². The number of aryl methyl sites for hydroxylation is 4. The van der Waals surface area contributed by atoms with Gasteiger partial charge in [-0.2, -0.15) is 61.7 Å². The van der Waals surface area contributed by atoms with Crippen LogP contribution in [0.5, 0.6) is 0 Å². The Morgan fingerprint density at radius 2 is 0.903 bits per heavy atom. The van der Waals surface area contributed by atoms with Crippen molar-refractivity contribution in [3.8, 4) is 0 Å². The van der Waals surface area contributed by atoms with Crippen LogP contribution in [-0.2, 0) is 46.4 Å². The van der Waals surface area contributed by atoms with E-state index in [4.69, 9.17) is 25.9 Å². The fourth-order valence-corrected chi connectivity index (χ4v) is 1.44. The zero-order valence-electron chi connectivity index (χ0n) is 16.5. The van der Waals surface area contributed by atoms with Gasteiger partial charge < -0.3 is 9.11 Å². The van der Waals surface area contributed by atoms with Crippen LogP contribution >= 0.6 is 0 Å². The summed E-state index contributed by atoms with van der Waals surface area (Å²) in [6.45, 7) is 8.42. The fraction of sp³-hybridized carbons (Fsp3) is 0.375. The first kappa shape index (κ1) is 34.6. The third-order valence-corrected chi connectivity index (χ3v) is 3.83. The molecule has 0 aliphatic rings. The predicted molar refractivity (Wildman–Crippen MR) is 94.5 cm³/mol. The first-order valence-corrected chi connectivity index (χ1v) is 10.3. The minimum Gasteiger partial charge on any atom is -0.741 e. The van der Waals surface area contributed by atoms with Gasteiger partial charge in [0.2, 0.25) is 0 Å². The Morgan fingerprint density at radius 1 is 0.710 bits per heavy atom. The second-order valence-corrected chi connectivity index (χ2v) is 8.47. The number of rotatable bonds is 0. The van der Waals surface area contributed by atoms with Gasteiger partial charge in [0.15, 0.2) is 20.2 Å². The molecule has 31 heavy (non-hydrogen) atoms. The van der Waals surface area contributed by atoms with Crippen molar-refractivity contribution in [3.05, 3.63) is 58.7 Å². The monoisotopic (exact) mass is 574 g/mol. The van der Waals surface area contributed by atoms with Crippen molar-refractivity contribution in [2.45, 2.75) is 38.7 Å². The molecule has 0 atom stereocenters. The van der Waals surface area contributed by atoms with E-state index < -0.39 is 31.3 Å². The molecule has 2 aromatic rings. The summed E-state index contributed by atoms with van der Waals surface area (Å²) >= 11 is 0. The van der Waals surface area contributed by atoms with Gasteiger partial charge in [-0.25, -0.2) is 40.1 Å². The van der Waals surface area contributed by atoms with Gasteiger partial charge in [-0.3, -0.25) is 0 Å². The molecular formula is C16H18F6O6S2Zr. The molecule has 0 heterocycles. The molecule has 0 aromatic heterocycles. The molecule has 0 unspecified atom stereocenters. The molecule has 0 aliphatic heterocycles. The Hall–Kier alpha value is -1.02. The number of alkyl halides is 6. The summed E-state index contributed by atoms with van der Waals surface area (Å²) < 4.78 is 118. The van der Waals surface area contributed by atoms with Gasteiger partial charge in [-0.1, -0.05) is 27.7 Å². The maximum Gasteiger partial charge on any atom is 4.00 e. The van der Waals surface area contributed by atoms with Crippen molar-refractivity contribution >= 4 is 20.2 Å². The molecule has 6 nitrogen and oxygen atoms in total. The molecule has 0 spiro atoms. The summed E-state index contributed by atoms with van der Waals surface area (Å²) in [5.41, 5.74) is -5.86. The van der Waals surface area contributed by atoms with Crippen LogP contribution in [0.3, 0.4) is 0 Å². The molecule has 176 valence electrons. The average Bonchev–Trinajstić information content (AvgIpc) is 3.04. The van der Waals surface area contributed by atoms with Gasteiger partial charge in [-0.15, -0.1) is 0 Å². The van der Waals surface area contributed by atoms with E-state index in [1.807, 2.05) is 0 Å². The Bertz CT molecular complexity index is 860. The quantitative estimate of drug-likeness (QED) is 0.202. The minimum absolute atomic E-state index is 0. The average molecular weight is 576 g/mol. The molecular weight excluding hydrogens is 558 g/mol. The van der Waals surface area contributed by atoms with Crippen LogP contribution in [0, 0.1) is 27.7 Å².